The van der Waals surface area contributed by atoms with Gasteiger partial charge in [0.05, 0.1) is 6.21 Å². The van der Waals surface area contributed by atoms with Gasteiger partial charge in [0, 0.05) is 43.9 Å². The second-order valence-corrected chi connectivity index (χ2v) is 8.77. The molecule has 0 bridgehead atoms. The Morgan fingerprint density at radius 1 is 1.09 bits per heavy atom. The van der Waals surface area contributed by atoms with E-state index in [4.69, 9.17) is 5.11 Å². The van der Waals surface area contributed by atoms with Crippen molar-refractivity contribution in [1.29, 1.82) is 0 Å². The number of benzene rings is 2. The lowest BCUT2D eigenvalue weighted by atomic mass is 9.82. The van der Waals surface area contributed by atoms with E-state index in [0.29, 0.717) is 5.56 Å². The van der Waals surface area contributed by atoms with Gasteiger partial charge in [-0.1, -0.05) is 18.2 Å². The molecule has 0 saturated carbocycles. The first-order valence-electron chi connectivity index (χ1n) is 11.2. The first kappa shape index (κ1) is 22.0. The summed E-state index contributed by atoms with van der Waals surface area (Å²) in [6.07, 6.45) is 4.56. The summed E-state index contributed by atoms with van der Waals surface area (Å²) < 4.78 is 0. The Bertz CT molecular complexity index is 995. The van der Waals surface area contributed by atoms with Crippen LogP contribution >= 0.6 is 0 Å². The highest BCUT2D eigenvalue weighted by molar-refractivity contribution is 6.04. The fourth-order valence-corrected chi connectivity index (χ4v) is 4.31. The summed E-state index contributed by atoms with van der Waals surface area (Å²) in [5, 5.41) is 18.6. The summed E-state index contributed by atoms with van der Waals surface area (Å²) in [6, 6.07) is 13.4. The molecule has 32 heavy (non-hydrogen) atoms. The van der Waals surface area contributed by atoms with Crippen molar-refractivity contribution >= 4 is 23.8 Å². The normalized spacial score (nSPS) is 19.0. The Hall–Kier alpha value is -3.19. The first-order chi connectivity index (χ1) is 15.5. The predicted molar refractivity (Wildman–Crippen MR) is 125 cm³/mol. The first-order valence-corrected chi connectivity index (χ1v) is 11.2. The molecule has 1 saturated heterocycles. The van der Waals surface area contributed by atoms with Gasteiger partial charge in [-0.05, 0) is 73.2 Å². The van der Waals surface area contributed by atoms with E-state index in [1.165, 1.54) is 11.1 Å². The van der Waals surface area contributed by atoms with Crippen molar-refractivity contribution in [1.82, 2.24) is 9.91 Å². The van der Waals surface area contributed by atoms with Gasteiger partial charge in [-0.2, -0.15) is 5.10 Å². The van der Waals surface area contributed by atoms with Crippen molar-refractivity contribution in [3.63, 3.8) is 0 Å². The molecule has 4 rings (SSSR count). The highest BCUT2D eigenvalue weighted by atomic mass is 16.4. The van der Waals surface area contributed by atoms with E-state index in [2.05, 4.69) is 27.4 Å². The van der Waals surface area contributed by atoms with E-state index in [-0.39, 0.29) is 18.2 Å². The van der Waals surface area contributed by atoms with Crippen LogP contribution in [0.4, 0.5) is 5.69 Å². The lowest BCUT2D eigenvalue weighted by Crippen LogP contribution is -2.41. The monoisotopic (exact) mass is 434 g/mol. The van der Waals surface area contributed by atoms with E-state index in [0.717, 1.165) is 56.7 Å². The molecule has 1 unspecified atom stereocenters. The maximum absolute atomic E-state index is 12.7. The second-order valence-electron chi connectivity index (χ2n) is 8.77. The SMILES string of the molecule is CN1CCN(N=Cc2ccc(C(=O)Nc3ccc4c(c3)CCC(CC(=O)O)C4)cc2)CC1. The summed E-state index contributed by atoms with van der Waals surface area (Å²) >= 11 is 0. The van der Waals surface area contributed by atoms with Crippen LogP contribution in [0, 0.1) is 5.92 Å². The van der Waals surface area contributed by atoms with Crippen LogP contribution in [0.15, 0.2) is 47.6 Å². The zero-order valence-corrected chi connectivity index (χ0v) is 18.5. The van der Waals surface area contributed by atoms with Crippen LogP contribution in [-0.4, -0.2) is 66.3 Å². The van der Waals surface area contributed by atoms with Crippen LogP contribution in [0.5, 0.6) is 0 Å². The number of nitrogens with one attached hydrogen (secondary N) is 1. The summed E-state index contributed by atoms with van der Waals surface area (Å²) in [6.45, 7) is 3.88. The van der Waals surface area contributed by atoms with Crippen LogP contribution in [0.3, 0.4) is 0 Å². The molecule has 1 atom stereocenters. The van der Waals surface area contributed by atoms with Gasteiger partial charge in [0.15, 0.2) is 0 Å². The van der Waals surface area contributed by atoms with Gasteiger partial charge in [0.2, 0.25) is 0 Å². The molecule has 1 heterocycles. The van der Waals surface area contributed by atoms with Gasteiger partial charge in [-0.15, -0.1) is 0 Å². The van der Waals surface area contributed by atoms with Crippen molar-refractivity contribution in [2.24, 2.45) is 11.0 Å². The van der Waals surface area contributed by atoms with Gasteiger partial charge in [0.25, 0.3) is 5.91 Å². The number of carboxylic acid groups (broad SMARTS) is 1. The average molecular weight is 435 g/mol. The molecule has 1 aliphatic carbocycles. The van der Waals surface area contributed by atoms with Crippen LogP contribution < -0.4 is 5.32 Å². The molecule has 0 aromatic heterocycles. The molecule has 7 heteroatoms. The van der Waals surface area contributed by atoms with E-state index >= 15 is 0 Å². The minimum Gasteiger partial charge on any atom is -0.481 e. The van der Waals surface area contributed by atoms with Crippen LogP contribution in [0.25, 0.3) is 0 Å². The molecule has 1 amide bonds. The Morgan fingerprint density at radius 3 is 2.56 bits per heavy atom. The molecule has 2 aliphatic rings. The Morgan fingerprint density at radius 2 is 1.84 bits per heavy atom. The number of rotatable bonds is 6. The van der Waals surface area contributed by atoms with Gasteiger partial charge < -0.3 is 15.3 Å². The summed E-state index contributed by atoms with van der Waals surface area (Å²) in [7, 11) is 2.12. The Balaban J connectivity index is 1.33. The number of hydrogen-bond donors (Lipinski definition) is 2. The number of carboxylic acids is 1. The van der Waals surface area contributed by atoms with Crippen LogP contribution in [0.2, 0.25) is 0 Å². The summed E-state index contributed by atoms with van der Waals surface area (Å²) in [5.41, 5.74) is 4.71. The molecule has 1 fully saturated rings. The second kappa shape index (κ2) is 9.96. The summed E-state index contributed by atoms with van der Waals surface area (Å²) in [4.78, 5) is 25.9. The minimum absolute atomic E-state index is 0.146. The number of piperazine rings is 1. The topological polar surface area (TPSA) is 85.2 Å². The van der Waals surface area contributed by atoms with Crippen molar-refractivity contribution < 1.29 is 14.7 Å². The number of nitrogens with zero attached hydrogens (tertiary/aromatic N) is 3. The Labute approximate surface area is 188 Å². The number of amides is 1. The number of carbonyl (C=O) groups excluding carboxylic acids is 1. The molecule has 2 N–H and O–H groups in total. The molecule has 2 aromatic rings. The van der Waals surface area contributed by atoms with Gasteiger partial charge >= 0.3 is 5.97 Å². The third-order valence-corrected chi connectivity index (χ3v) is 6.28. The van der Waals surface area contributed by atoms with E-state index in [1.54, 1.807) is 0 Å². The standard InChI is InChI=1S/C25H30N4O3/c1-28-10-12-29(13-11-28)26-17-18-2-5-20(6-3-18)25(32)27-23-9-8-21-14-19(15-24(30)31)4-7-22(21)16-23/h2-3,5-6,8-9,16-17,19H,4,7,10-15H2,1H3,(H,27,32)(H,30,31). The fraction of sp³-hybridized carbons (Fsp3) is 0.400. The molecular weight excluding hydrogens is 404 g/mol. The molecular formula is C25H30N4O3. The van der Waals surface area contributed by atoms with Crippen molar-refractivity contribution in [2.45, 2.75) is 25.7 Å². The highest BCUT2D eigenvalue weighted by Crippen LogP contribution is 2.29. The smallest absolute Gasteiger partial charge is 0.303 e. The number of hydrazone groups is 1. The number of aliphatic carboxylic acids is 1. The van der Waals surface area contributed by atoms with Gasteiger partial charge in [-0.25, -0.2) is 0 Å². The zero-order chi connectivity index (χ0) is 22.5. The van der Waals surface area contributed by atoms with E-state index < -0.39 is 5.97 Å². The molecule has 0 radical (unpaired) electrons. The number of fused-ring (bicyclic) bond motifs is 1. The molecule has 7 nitrogen and oxygen atoms in total. The van der Waals surface area contributed by atoms with Gasteiger partial charge in [-0.3, -0.25) is 14.6 Å². The van der Waals surface area contributed by atoms with Gasteiger partial charge in [0.1, 0.15) is 0 Å². The fourth-order valence-electron chi connectivity index (χ4n) is 4.31. The van der Waals surface area contributed by atoms with Crippen molar-refractivity contribution in [3.05, 3.63) is 64.7 Å². The molecule has 168 valence electrons. The lowest BCUT2D eigenvalue weighted by Gasteiger charge is -2.30. The quantitative estimate of drug-likeness (QED) is 0.683. The number of carbonyl (C=O) groups is 2. The number of hydrogen-bond acceptors (Lipinski definition) is 5. The summed E-state index contributed by atoms with van der Waals surface area (Å²) in [5.74, 6) is -0.690. The van der Waals surface area contributed by atoms with Crippen LogP contribution in [-0.2, 0) is 17.6 Å². The third-order valence-electron chi connectivity index (χ3n) is 6.28. The van der Waals surface area contributed by atoms with Crippen LogP contribution in [0.1, 0.15) is 39.9 Å². The maximum Gasteiger partial charge on any atom is 0.303 e. The lowest BCUT2D eigenvalue weighted by molar-refractivity contribution is -0.138. The number of anilines is 1. The number of aryl methyl sites for hydroxylation is 1. The third kappa shape index (κ3) is 5.73. The van der Waals surface area contributed by atoms with Crippen molar-refractivity contribution in [2.75, 3.05) is 38.5 Å². The molecule has 1 aliphatic heterocycles. The van der Waals surface area contributed by atoms with E-state index in [9.17, 15) is 9.59 Å². The molecule has 2 aromatic carbocycles. The highest BCUT2D eigenvalue weighted by Gasteiger charge is 2.21. The largest absolute Gasteiger partial charge is 0.481 e. The molecule has 0 spiro atoms. The van der Waals surface area contributed by atoms with Crippen molar-refractivity contribution in [3.8, 4) is 0 Å². The minimum atomic E-state index is -0.737. The number of likely N-dealkylation sites (N-methyl/N-ethyl adjacent to an activating group) is 1. The average Bonchev–Trinajstić information content (AvgIpc) is 2.79. The maximum atomic E-state index is 12.7. The zero-order valence-electron chi connectivity index (χ0n) is 18.5. The Kier molecular flexibility index (Phi) is 6.85. The van der Waals surface area contributed by atoms with E-state index in [1.807, 2.05) is 48.7 Å². The predicted octanol–water partition coefficient (Wildman–Crippen LogP) is 3.10.